The van der Waals surface area contributed by atoms with Crippen LogP contribution < -0.4 is 0 Å². The molecular formula is C27H38O5. The summed E-state index contributed by atoms with van der Waals surface area (Å²) in [5.41, 5.74) is -0.338. The summed E-state index contributed by atoms with van der Waals surface area (Å²) in [6.45, 7) is 15.7. The molecule has 5 nitrogen and oxygen atoms in total. The Morgan fingerprint density at radius 1 is 1.09 bits per heavy atom. The van der Waals surface area contributed by atoms with E-state index in [1.54, 1.807) is 12.5 Å². The molecule has 1 heterocycles. The lowest BCUT2D eigenvalue weighted by atomic mass is 9.34. The smallest absolute Gasteiger partial charge is 0.472 e. The monoisotopic (exact) mass is 442 g/mol. The third-order valence-corrected chi connectivity index (χ3v) is 10.8. The van der Waals surface area contributed by atoms with Crippen molar-refractivity contribution in [1.29, 1.82) is 0 Å². The fraction of sp³-hybridized carbons (Fsp3) is 0.704. The standard InChI is InChI=1S/C27H38O5/c1-23(2)18-8-13-26(6)19(25(18,5)12-10-20(23)28)9-14-27(7,24(26,3)4)21(32-22(29)30)17-11-15-31-16-17/h10-12,15-16,18-19,21H,8-9,13-14H2,1-7H3,(H,29,30)/t18?,19?,21-,25?,26?,27-/m0/s1. The summed E-state index contributed by atoms with van der Waals surface area (Å²) in [7, 11) is 0. The molecule has 3 aliphatic rings. The summed E-state index contributed by atoms with van der Waals surface area (Å²) in [6.07, 6.45) is 9.17. The van der Waals surface area contributed by atoms with Crippen molar-refractivity contribution in [2.75, 3.05) is 0 Å². The van der Waals surface area contributed by atoms with Crippen LogP contribution in [0.15, 0.2) is 35.2 Å². The van der Waals surface area contributed by atoms with Gasteiger partial charge in [-0.3, -0.25) is 4.79 Å². The van der Waals surface area contributed by atoms with E-state index in [9.17, 15) is 14.7 Å². The zero-order valence-corrected chi connectivity index (χ0v) is 20.5. The number of furan rings is 1. The lowest BCUT2D eigenvalue weighted by Crippen LogP contribution is -2.65. The molecule has 1 aromatic rings. The van der Waals surface area contributed by atoms with E-state index in [0.717, 1.165) is 31.2 Å². The highest BCUT2D eigenvalue weighted by Gasteiger charge is 2.69. The average molecular weight is 443 g/mol. The van der Waals surface area contributed by atoms with E-state index in [1.165, 1.54) is 0 Å². The van der Waals surface area contributed by atoms with E-state index in [0.29, 0.717) is 11.8 Å². The van der Waals surface area contributed by atoms with Crippen LogP contribution in [0.4, 0.5) is 4.79 Å². The molecule has 5 heteroatoms. The van der Waals surface area contributed by atoms with Gasteiger partial charge in [-0.2, -0.15) is 0 Å². The molecule has 3 aliphatic carbocycles. The molecule has 0 spiro atoms. The second-order valence-electron chi connectivity index (χ2n) is 12.2. The Hall–Kier alpha value is -2.04. The lowest BCUT2D eigenvalue weighted by molar-refractivity contribution is -0.227. The largest absolute Gasteiger partial charge is 0.506 e. The number of allylic oxidation sites excluding steroid dienone is 2. The van der Waals surface area contributed by atoms with Gasteiger partial charge in [0.1, 0.15) is 6.10 Å². The van der Waals surface area contributed by atoms with E-state index in [-0.39, 0.29) is 27.4 Å². The molecular weight excluding hydrogens is 404 g/mol. The van der Waals surface area contributed by atoms with E-state index in [4.69, 9.17) is 9.15 Å². The second-order valence-corrected chi connectivity index (χ2v) is 12.2. The zero-order chi connectivity index (χ0) is 23.7. The summed E-state index contributed by atoms with van der Waals surface area (Å²) < 4.78 is 10.9. The van der Waals surface area contributed by atoms with Crippen molar-refractivity contribution < 1.29 is 23.8 Å². The number of hydrogen-bond acceptors (Lipinski definition) is 4. The number of carbonyl (C=O) groups excluding carboxylic acids is 1. The number of ether oxygens (including phenoxy) is 1. The van der Waals surface area contributed by atoms with Crippen molar-refractivity contribution in [3.05, 3.63) is 36.3 Å². The van der Waals surface area contributed by atoms with Gasteiger partial charge in [-0.25, -0.2) is 4.79 Å². The predicted molar refractivity (Wildman–Crippen MR) is 122 cm³/mol. The molecule has 0 amide bonds. The van der Waals surface area contributed by atoms with Crippen molar-refractivity contribution in [3.8, 4) is 0 Å². The Morgan fingerprint density at radius 2 is 1.75 bits per heavy atom. The molecule has 1 N–H and O–H groups in total. The molecule has 4 unspecified atom stereocenters. The van der Waals surface area contributed by atoms with Gasteiger partial charge in [-0.05, 0) is 65.9 Å². The van der Waals surface area contributed by atoms with E-state index >= 15 is 0 Å². The van der Waals surface area contributed by atoms with Crippen LogP contribution in [0.3, 0.4) is 0 Å². The van der Waals surface area contributed by atoms with Gasteiger partial charge in [0.05, 0.1) is 12.5 Å². The Labute approximate surface area is 191 Å². The van der Waals surface area contributed by atoms with Crippen molar-refractivity contribution in [2.45, 2.75) is 80.3 Å². The van der Waals surface area contributed by atoms with Gasteiger partial charge >= 0.3 is 6.16 Å². The van der Waals surface area contributed by atoms with Gasteiger partial charge < -0.3 is 14.3 Å². The summed E-state index contributed by atoms with van der Waals surface area (Å²) in [6, 6.07) is 1.82. The van der Waals surface area contributed by atoms with Crippen molar-refractivity contribution in [3.63, 3.8) is 0 Å². The van der Waals surface area contributed by atoms with Gasteiger partial charge in [0.2, 0.25) is 0 Å². The van der Waals surface area contributed by atoms with E-state index < -0.39 is 17.7 Å². The molecule has 0 aliphatic heterocycles. The summed E-state index contributed by atoms with van der Waals surface area (Å²) in [5.74, 6) is 0.944. The first-order valence-electron chi connectivity index (χ1n) is 11.9. The highest BCUT2D eigenvalue weighted by atomic mass is 16.7. The minimum atomic E-state index is -1.26. The Bertz CT molecular complexity index is 941. The van der Waals surface area contributed by atoms with E-state index in [1.807, 2.05) is 12.1 Å². The van der Waals surface area contributed by atoms with Crippen LogP contribution in [0.25, 0.3) is 0 Å². The molecule has 2 fully saturated rings. The fourth-order valence-corrected chi connectivity index (χ4v) is 8.21. The van der Waals surface area contributed by atoms with Crippen LogP contribution in [0.2, 0.25) is 0 Å². The first kappa shape index (κ1) is 23.1. The van der Waals surface area contributed by atoms with Gasteiger partial charge in [-0.15, -0.1) is 0 Å². The third kappa shape index (κ3) is 2.82. The summed E-state index contributed by atoms with van der Waals surface area (Å²) in [5, 5.41) is 9.58. The molecule has 6 atom stereocenters. The second kappa shape index (κ2) is 6.98. The van der Waals surface area contributed by atoms with Crippen molar-refractivity contribution in [2.24, 2.45) is 38.9 Å². The minimum Gasteiger partial charge on any atom is -0.472 e. The number of carbonyl (C=O) groups is 2. The third-order valence-electron chi connectivity index (χ3n) is 10.8. The first-order chi connectivity index (χ1) is 14.7. The van der Waals surface area contributed by atoms with Crippen LogP contribution in [-0.4, -0.2) is 17.0 Å². The van der Waals surface area contributed by atoms with Gasteiger partial charge in [-0.1, -0.05) is 54.5 Å². The summed E-state index contributed by atoms with van der Waals surface area (Å²) >= 11 is 0. The van der Waals surface area contributed by atoms with Crippen LogP contribution in [-0.2, 0) is 9.53 Å². The zero-order valence-electron chi connectivity index (χ0n) is 20.5. The Kier molecular flexibility index (Phi) is 5.04. The molecule has 0 saturated heterocycles. The molecule has 2 saturated carbocycles. The van der Waals surface area contributed by atoms with Gasteiger partial charge in [0, 0.05) is 16.4 Å². The fourth-order valence-electron chi connectivity index (χ4n) is 8.21. The first-order valence-corrected chi connectivity index (χ1v) is 11.9. The van der Waals surface area contributed by atoms with Gasteiger partial charge in [0.25, 0.3) is 0 Å². The van der Waals surface area contributed by atoms with Crippen LogP contribution in [0.5, 0.6) is 0 Å². The SMILES string of the molecule is CC1(C)C(=O)C=CC2(C)C1CCC1(C)C2CC[C@@](C)([C@@H](OC(=O)O)c2ccoc2)C1(C)C. The molecule has 176 valence electrons. The highest BCUT2D eigenvalue weighted by Crippen LogP contribution is 2.74. The number of fused-ring (bicyclic) bond motifs is 3. The van der Waals surface area contributed by atoms with Crippen LogP contribution in [0, 0.1) is 38.9 Å². The van der Waals surface area contributed by atoms with Gasteiger partial charge in [0.15, 0.2) is 5.78 Å². The maximum absolute atomic E-state index is 12.7. The quantitative estimate of drug-likeness (QED) is 0.508. The Balaban J connectivity index is 1.80. The number of hydrogen-bond donors (Lipinski definition) is 1. The molecule has 32 heavy (non-hydrogen) atoms. The van der Waals surface area contributed by atoms with Crippen molar-refractivity contribution in [1.82, 2.24) is 0 Å². The topological polar surface area (TPSA) is 76.7 Å². The molecule has 4 rings (SSSR count). The van der Waals surface area contributed by atoms with Crippen LogP contribution >= 0.6 is 0 Å². The summed E-state index contributed by atoms with van der Waals surface area (Å²) in [4.78, 5) is 24.4. The maximum atomic E-state index is 12.7. The normalized spacial score (nSPS) is 40.8. The molecule has 0 bridgehead atoms. The highest BCUT2D eigenvalue weighted by molar-refractivity contribution is 5.95. The maximum Gasteiger partial charge on any atom is 0.506 e. The minimum absolute atomic E-state index is 0.0457. The van der Waals surface area contributed by atoms with Crippen LogP contribution in [0.1, 0.15) is 85.8 Å². The average Bonchev–Trinajstić information content (AvgIpc) is 3.21. The number of carboxylic acid groups (broad SMARTS) is 1. The predicted octanol–water partition coefficient (Wildman–Crippen LogP) is 7.05. The number of rotatable bonds is 3. The lowest BCUT2D eigenvalue weighted by Gasteiger charge is -2.70. The van der Waals surface area contributed by atoms with E-state index in [2.05, 4.69) is 54.5 Å². The Morgan fingerprint density at radius 3 is 2.34 bits per heavy atom. The molecule has 1 aromatic heterocycles. The molecule has 0 radical (unpaired) electrons. The molecule has 0 aromatic carbocycles. The van der Waals surface area contributed by atoms with Crippen molar-refractivity contribution >= 4 is 11.9 Å². The number of ketones is 1.